The van der Waals surface area contributed by atoms with Gasteiger partial charge in [-0.1, -0.05) is 18.2 Å². The minimum Gasteiger partial charge on any atom is -0.497 e. The van der Waals surface area contributed by atoms with Crippen molar-refractivity contribution in [3.05, 3.63) is 59.9 Å². The lowest BCUT2D eigenvalue weighted by atomic mass is 10.1. The van der Waals surface area contributed by atoms with Crippen LogP contribution in [0.3, 0.4) is 0 Å². The molecule has 0 bridgehead atoms. The predicted molar refractivity (Wildman–Crippen MR) is 102 cm³/mol. The molecular formula is C21H29N3O. The molecule has 1 saturated heterocycles. The van der Waals surface area contributed by atoms with E-state index in [9.17, 15) is 0 Å². The number of likely N-dealkylation sites (tertiary alicyclic amines) is 1. The average molecular weight is 339 g/mol. The Balaban J connectivity index is 1.62. The minimum absolute atomic E-state index is 0.666. The Bertz CT molecular complexity index is 629. The number of rotatable bonds is 8. The fourth-order valence-corrected chi connectivity index (χ4v) is 3.54. The van der Waals surface area contributed by atoms with E-state index in [0.717, 1.165) is 37.5 Å². The maximum absolute atomic E-state index is 5.25. The Hall–Kier alpha value is -1.91. The van der Waals surface area contributed by atoms with E-state index in [1.807, 2.05) is 24.4 Å². The Morgan fingerprint density at radius 2 is 2.04 bits per heavy atom. The van der Waals surface area contributed by atoms with Crippen LogP contribution < -0.4 is 4.74 Å². The van der Waals surface area contributed by atoms with Crippen molar-refractivity contribution >= 4 is 0 Å². The normalized spacial score (nSPS) is 18.0. The first-order chi connectivity index (χ1) is 12.2. The molecule has 2 heterocycles. The molecule has 0 amide bonds. The molecule has 1 aliphatic rings. The molecule has 0 unspecified atom stereocenters. The lowest BCUT2D eigenvalue weighted by Crippen LogP contribution is -2.39. The van der Waals surface area contributed by atoms with Gasteiger partial charge >= 0.3 is 0 Å². The zero-order valence-electron chi connectivity index (χ0n) is 15.4. The number of benzene rings is 1. The molecule has 4 heteroatoms. The Morgan fingerprint density at radius 1 is 1.20 bits per heavy atom. The second-order valence-electron chi connectivity index (χ2n) is 6.93. The van der Waals surface area contributed by atoms with Crippen molar-refractivity contribution in [3.8, 4) is 5.75 Å². The number of pyridine rings is 1. The van der Waals surface area contributed by atoms with Gasteiger partial charge in [0.25, 0.3) is 0 Å². The molecule has 2 aromatic rings. The Morgan fingerprint density at radius 3 is 2.68 bits per heavy atom. The molecule has 0 aliphatic carbocycles. The van der Waals surface area contributed by atoms with E-state index in [1.54, 1.807) is 7.11 Å². The van der Waals surface area contributed by atoms with Crippen LogP contribution in [0.15, 0.2) is 48.7 Å². The van der Waals surface area contributed by atoms with Crippen molar-refractivity contribution in [2.24, 2.45) is 0 Å². The SMILES string of the molecule is COc1ccc(CCN(Cc2ccccn2)C[C@@H]2CCCN2C)cc1. The summed E-state index contributed by atoms with van der Waals surface area (Å²) in [7, 11) is 3.96. The summed E-state index contributed by atoms with van der Waals surface area (Å²) in [6.45, 7) is 4.30. The highest BCUT2D eigenvalue weighted by Crippen LogP contribution is 2.18. The van der Waals surface area contributed by atoms with Crippen molar-refractivity contribution < 1.29 is 4.74 Å². The van der Waals surface area contributed by atoms with Gasteiger partial charge in [-0.2, -0.15) is 0 Å². The Labute approximate surface area is 151 Å². The molecule has 25 heavy (non-hydrogen) atoms. The van der Waals surface area contributed by atoms with E-state index in [4.69, 9.17) is 4.74 Å². The summed E-state index contributed by atoms with van der Waals surface area (Å²) in [4.78, 5) is 9.57. The smallest absolute Gasteiger partial charge is 0.118 e. The van der Waals surface area contributed by atoms with Crippen molar-refractivity contribution in [1.82, 2.24) is 14.8 Å². The number of likely N-dealkylation sites (N-methyl/N-ethyl adjacent to an activating group) is 1. The first kappa shape index (κ1) is 17.9. The molecule has 1 fully saturated rings. The summed E-state index contributed by atoms with van der Waals surface area (Å²) in [5, 5.41) is 0. The van der Waals surface area contributed by atoms with Gasteiger partial charge in [0.1, 0.15) is 5.75 Å². The van der Waals surface area contributed by atoms with Gasteiger partial charge in [-0.15, -0.1) is 0 Å². The molecule has 1 aromatic heterocycles. The van der Waals surface area contributed by atoms with Crippen LogP contribution in [0.25, 0.3) is 0 Å². The number of hydrogen-bond donors (Lipinski definition) is 0. The van der Waals surface area contributed by atoms with Gasteiger partial charge in [0.05, 0.1) is 12.8 Å². The van der Waals surface area contributed by atoms with E-state index in [1.165, 1.54) is 24.9 Å². The van der Waals surface area contributed by atoms with Gasteiger partial charge in [0.2, 0.25) is 0 Å². The number of ether oxygens (including phenoxy) is 1. The summed E-state index contributed by atoms with van der Waals surface area (Å²) in [6, 6.07) is 15.3. The van der Waals surface area contributed by atoms with Crippen molar-refractivity contribution in [1.29, 1.82) is 0 Å². The molecule has 0 spiro atoms. The van der Waals surface area contributed by atoms with Crippen LogP contribution in [-0.2, 0) is 13.0 Å². The van der Waals surface area contributed by atoms with Crippen LogP contribution in [0.1, 0.15) is 24.1 Å². The highest BCUT2D eigenvalue weighted by Gasteiger charge is 2.23. The van der Waals surface area contributed by atoms with Crippen LogP contribution in [0.2, 0.25) is 0 Å². The minimum atomic E-state index is 0.666. The lowest BCUT2D eigenvalue weighted by Gasteiger charge is -2.28. The van der Waals surface area contributed by atoms with E-state index in [-0.39, 0.29) is 0 Å². The van der Waals surface area contributed by atoms with Crippen LogP contribution in [0.4, 0.5) is 0 Å². The summed E-state index contributed by atoms with van der Waals surface area (Å²) >= 11 is 0. The van der Waals surface area contributed by atoms with Crippen molar-refractivity contribution in [3.63, 3.8) is 0 Å². The molecule has 1 aromatic carbocycles. The maximum Gasteiger partial charge on any atom is 0.118 e. The van der Waals surface area contributed by atoms with Crippen molar-refractivity contribution in [2.45, 2.75) is 31.8 Å². The molecule has 4 nitrogen and oxygen atoms in total. The van der Waals surface area contributed by atoms with Gasteiger partial charge in [-0.05, 0) is 62.7 Å². The number of nitrogens with zero attached hydrogens (tertiary/aromatic N) is 3. The average Bonchev–Trinajstić information content (AvgIpc) is 3.05. The second-order valence-corrected chi connectivity index (χ2v) is 6.93. The first-order valence-corrected chi connectivity index (χ1v) is 9.20. The monoisotopic (exact) mass is 339 g/mol. The van der Waals surface area contributed by atoms with E-state index >= 15 is 0 Å². The number of hydrogen-bond acceptors (Lipinski definition) is 4. The van der Waals surface area contributed by atoms with Gasteiger partial charge in [0, 0.05) is 31.9 Å². The summed E-state index contributed by atoms with van der Waals surface area (Å²) in [5.74, 6) is 0.918. The molecular weight excluding hydrogens is 310 g/mol. The highest BCUT2D eigenvalue weighted by molar-refractivity contribution is 5.27. The number of methoxy groups -OCH3 is 1. The van der Waals surface area contributed by atoms with E-state index in [0.29, 0.717) is 6.04 Å². The number of aromatic nitrogens is 1. The standard InChI is InChI=1S/C21H29N3O/c1-23-14-5-7-20(23)17-24(16-19-6-3-4-13-22-19)15-12-18-8-10-21(25-2)11-9-18/h3-4,6,8-11,13,20H,5,7,12,14-17H2,1-2H3/t20-/m0/s1. The first-order valence-electron chi connectivity index (χ1n) is 9.20. The predicted octanol–water partition coefficient (Wildman–Crippen LogP) is 3.23. The Kier molecular flexibility index (Phi) is 6.42. The molecule has 0 N–H and O–H groups in total. The molecule has 1 atom stereocenters. The molecule has 0 radical (unpaired) electrons. The van der Waals surface area contributed by atoms with Gasteiger partial charge in [0.15, 0.2) is 0 Å². The summed E-state index contributed by atoms with van der Waals surface area (Å²) in [6.07, 6.45) is 5.56. The van der Waals surface area contributed by atoms with Crippen LogP contribution in [0.5, 0.6) is 5.75 Å². The maximum atomic E-state index is 5.25. The van der Waals surface area contributed by atoms with Gasteiger partial charge in [-0.3, -0.25) is 9.88 Å². The highest BCUT2D eigenvalue weighted by atomic mass is 16.5. The molecule has 1 aliphatic heterocycles. The zero-order chi connectivity index (χ0) is 17.5. The fraction of sp³-hybridized carbons (Fsp3) is 0.476. The quantitative estimate of drug-likeness (QED) is 0.738. The van der Waals surface area contributed by atoms with Crippen LogP contribution >= 0.6 is 0 Å². The fourth-order valence-electron chi connectivity index (χ4n) is 3.54. The van der Waals surface area contributed by atoms with Gasteiger partial charge < -0.3 is 9.64 Å². The van der Waals surface area contributed by atoms with E-state index < -0.39 is 0 Å². The third kappa shape index (κ3) is 5.28. The third-order valence-corrected chi connectivity index (χ3v) is 5.13. The van der Waals surface area contributed by atoms with Crippen molar-refractivity contribution in [2.75, 3.05) is 33.8 Å². The van der Waals surface area contributed by atoms with Gasteiger partial charge in [-0.25, -0.2) is 0 Å². The zero-order valence-corrected chi connectivity index (χ0v) is 15.4. The summed E-state index contributed by atoms with van der Waals surface area (Å²) < 4.78 is 5.25. The topological polar surface area (TPSA) is 28.6 Å². The third-order valence-electron chi connectivity index (χ3n) is 5.13. The van der Waals surface area contributed by atoms with Crippen LogP contribution in [-0.4, -0.2) is 54.6 Å². The summed E-state index contributed by atoms with van der Waals surface area (Å²) in [5.41, 5.74) is 2.50. The molecule has 134 valence electrons. The molecule has 3 rings (SSSR count). The van der Waals surface area contributed by atoms with Crippen LogP contribution in [0, 0.1) is 0 Å². The largest absolute Gasteiger partial charge is 0.497 e. The lowest BCUT2D eigenvalue weighted by molar-refractivity contribution is 0.186. The molecule has 0 saturated carbocycles. The second kappa shape index (κ2) is 8.97. The van der Waals surface area contributed by atoms with E-state index in [2.05, 4.69) is 46.1 Å².